The average molecular weight is 421 g/mol. The highest BCUT2D eigenvalue weighted by molar-refractivity contribution is 8.01. The van der Waals surface area contributed by atoms with Gasteiger partial charge in [0.25, 0.3) is 0 Å². The Hall–Kier alpha value is -2.19. The molecule has 0 aliphatic carbocycles. The van der Waals surface area contributed by atoms with E-state index in [1.165, 1.54) is 23.9 Å². The zero-order valence-corrected chi connectivity index (χ0v) is 16.6. The molecular formula is C20H18F2N2O2S2. The highest BCUT2D eigenvalue weighted by atomic mass is 32.2. The number of hydrogen-bond donors (Lipinski definition) is 0. The zero-order valence-electron chi connectivity index (χ0n) is 14.9. The quantitative estimate of drug-likeness (QED) is 0.560. The van der Waals surface area contributed by atoms with Gasteiger partial charge in [-0.2, -0.15) is 0 Å². The average Bonchev–Trinajstić information content (AvgIpc) is 3.12. The molecule has 4 nitrogen and oxygen atoms in total. The number of hydrogen-bond acceptors (Lipinski definition) is 5. The Labute approximate surface area is 169 Å². The molecule has 1 aliphatic heterocycles. The van der Waals surface area contributed by atoms with Crippen LogP contribution in [-0.4, -0.2) is 40.7 Å². The third-order valence-corrected chi connectivity index (χ3v) is 6.74. The third-order valence-electron chi connectivity index (χ3n) is 4.58. The maximum absolute atomic E-state index is 13.7. The molecule has 8 heteroatoms. The van der Waals surface area contributed by atoms with Crippen LogP contribution in [0.2, 0.25) is 0 Å². The lowest BCUT2D eigenvalue weighted by Crippen LogP contribution is -2.42. The molecule has 0 bridgehead atoms. The van der Waals surface area contributed by atoms with E-state index in [0.717, 1.165) is 20.6 Å². The molecular weight excluding hydrogens is 402 g/mol. The van der Waals surface area contributed by atoms with E-state index in [1.807, 2.05) is 24.3 Å². The second-order valence-corrected chi connectivity index (χ2v) is 8.76. The number of piperidine rings is 1. The van der Waals surface area contributed by atoms with E-state index in [0.29, 0.717) is 31.7 Å². The number of thioether (sulfide) groups is 1. The Kier molecular flexibility index (Phi) is 5.77. The SMILES string of the molecule is O=C(CSc1nc2ccccc2s1)N1CCC(Oc2ccc(F)cc2F)CC1. The van der Waals surface area contributed by atoms with Gasteiger partial charge < -0.3 is 9.64 Å². The van der Waals surface area contributed by atoms with Crippen LogP contribution >= 0.6 is 23.1 Å². The van der Waals surface area contributed by atoms with E-state index in [4.69, 9.17) is 4.74 Å². The monoisotopic (exact) mass is 420 g/mol. The van der Waals surface area contributed by atoms with Gasteiger partial charge in [-0.25, -0.2) is 13.8 Å². The van der Waals surface area contributed by atoms with Crippen LogP contribution in [0.4, 0.5) is 8.78 Å². The van der Waals surface area contributed by atoms with Crippen molar-refractivity contribution in [3.8, 4) is 5.75 Å². The summed E-state index contributed by atoms with van der Waals surface area (Å²) < 4.78 is 34.3. The second-order valence-electron chi connectivity index (χ2n) is 6.51. The number of fused-ring (bicyclic) bond motifs is 1. The van der Waals surface area contributed by atoms with Crippen molar-refractivity contribution in [3.63, 3.8) is 0 Å². The molecule has 28 heavy (non-hydrogen) atoms. The van der Waals surface area contributed by atoms with Gasteiger partial charge in [0, 0.05) is 32.0 Å². The number of benzene rings is 2. The smallest absolute Gasteiger partial charge is 0.233 e. The maximum atomic E-state index is 13.7. The fourth-order valence-corrected chi connectivity index (χ4v) is 5.07. The summed E-state index contributed by atoms with van der Waals surface area (Å²) in [6.45, 7) is 1.12. The maximum Gasteiger partial charge on any atom is 0.233 e. The fraction of sp³-hybridized carbons (Fsp3) is 0.300. The van der Waals surface area contributed by atoms with Crippen LogP contribution in [-0.2, 0) is 4.79 Å². The van der Waals surface area contributed by atoms with Crippen molar-refractivity contribution in [2.75, 3.05) is 18.8 Å². The van der Waals surface area contributed by atoms with E-state index in [9.17, 15) is 13.6 Å². The molecule has 0 unspecified atom stereocenters. The molecule has 0 N–H and O–H groups in total. The molecule has 1 aromatic heterocycles. The number of likely N-dealkylation sites (tertiary alicyclic amines) is 1. The molecule has 0 radical (unpaired) electrons. The van der Waals surface area contributed by atoms with E-state index in [2.05, 4.69) is 4.98 Å². The normalized spacial score (nSPS) is 15.1. The van der Waals surface area contributed by atoms with Crippen molar-refractivity contribution in [3.05, 3.63) is 54.1 Å². The predicted octanol–water partition coefficient (Wildman–Crippen LogP) is 4.74. The van der Waals surface area contributed by atoms with Crippen molar-refractivity contribution in [2.24, 2.45) is 0 Å². The molecule has 1 saturated heterocycles. The van der Waals surface area contributed by atoms with Crippen LogP contribution < -0.4 is 4.74 Å². The van der Waals surface area contributed by atoms with Gasteiger partial charge in [-0.05, 0) is 24.3 Å². The van der Waals surface area contributed by atoms with E-state index >= 15 is 0 Å². The Balaban J connectivity index is 1.26. The van der Waals surface area contributed by atoms with Gasteiger partial charge in [0.15, 0.2) is 15.9 Å². The first kappa shape index (κ1) is 19.1. The highest BCUT2D eigenvalue weighted by Gasteiger charge is 2.25. The van der Waals surface area contributed by atoms with E-state index in [1.54, 1.807) is 16.2 Å². The van der Waals surface area contributed by atoms with Crippen LogP contribution in [0.25, 0.3) is 10.2 Å². The molecule has 1 fully saturated rings. The molecule has 0 atom stereocenters. The van der Waals surface area contributed by atoms with Crippen molar-refractivity contribution in [1.29, 1.82) is 0 Å². The lowest BCUT2D eigenvalue weighted by Gasteiger charge is -2.32. The van der Waals surface area contributed by atoms with Crippen LogP contribution in [0.3, 0.4) is 0 Å². The van der Waals surface area contributed by atoms with E-state index in [-0.39, 0.29) is 17.8 Å². The Bertz CT molecular complexity index is 954. The second kappa shape index (κ2) is 8.45. The van der Waals surface area contributed by atoms with Gasteiger partial charge >= 0.3 is 0 Å². The summed E-state index contributed by atoms with van der Waals surface area (Å²) in [5.74, 6) is -0.868. The number of rotatable bonds is 5. The number of carbonyl (C=O) groups excluding carboxylic acids is 1. The number of nitrogens with zero attached hydrogens (tertiary/aromatic N) is 2. The number of amides is 1. The van der Waals surface area contributed by atoms with Gasteiger partial charge in [0.2, 0.25) is 5.91 Å². The number of carbonyl (C=O) groups is 1. The Morgan fingerprint density at radius 3 is 2.75 bits per heavy atom. The van der Waals surface area contributed by atoms with Gasteiger partial charge in [-0.1, -0.05) is 23.9 Å². The summed E-state index contributed by atoms with van der Waals surface area (Å²) in [5.41, 5.74) is 0.952. The van der Waals surface area contributed by atoms with Gasteiger partial charge in [-0.3, -0.25) is 4.79 Å². The first-order chi connectivity index (χ1) is 13.6. The van der Waals surface area contributed by atoms with Crippen molar-refractivity contribution in [2.45, 2.75) is 23.3 Å². The van der Waals surface area contributed by atoms with Gasteiger partial charge in [0.1, 0.15) is 11.9 Å². The lowest BCUT2D eigenvalue weighted by molar-refractivity contribution is -0.130. The molecule has 0 saturated carbocycles. The Morgan fingerprint density at radius 2 is 2.00 bits per heavy atom. The third kappa shape index (κ3) is 4.44. The number of thiazole rings is 1. The standard InChI is InChI=1S/C20H18F2N2O2S2/c21-13-5-6-17(15(22)11-13)26-14-7-9-24(10-8-14)19(25)12-27-20-23-16-3-1-2-4-18(16)28-20/h1-6,11,14H,7-10,12H2. The molecule has 0 spiro atoms. The molecule has 1 amide bonds. The summed E-state index contributed by atoms with van der Waals surface area (Å²) >= 11 is 3.04. The predicted molar refractivity (Wildman–Crippen MR) is 107 cm³/mol. The number of aromatic nitrogens is 1. The number of para-hydroxylation sites is 1. The molecule has 2 heterocycles. The molecule has 146 valence electrons. The van der Waals surface area contributed by atoms with Crippen LogP contribution in [0.5, 0.6) is 5.75 Å². The highest BCUT2D eigenvalue weighted by Crippen LogP contribution is 2.30. The molecule has 2 aromatic carbocycles. The van der Waals surface area contributed by atoms with Crippen molar-refractivity contribution >= 4 is 39.2 Å². The zero-order chi connectivity index (χ0) is 19.5. The van der Waals surface area contributed by atoms with Gasteiger partial charge in [0.05, 0.1) is 16.0 Å². The summed E-state index contributed by atoms with van der Waals surface area (Å²) in [6, 6.07) is 11.2. The summed E-state index contributed by atoms with van der Waals surface area (Å²) in [4.78, 5) is 18.8. The van der Waals surface area contributed by atoms with Crippen molar-refractivity contribution in [1.82, 2.24) is 9.88 Å². The number of ether oxygens (including phenoxy) is 1. The minimum absolute atomic E-state index is 0.0533. The molecule has 1 aliphatic rings. The summed E-state index contributed by atoms with van der Waals surface area (Å²) in [6.07, 6.45) is 1.06. The summed E-state index contributed by atoms with van der Waals surface area (Å²) in [7, 11) is 0. The molecule has 3 aromatic rings. The van der Waals surface area contributed by atoms with Crippen LogP contribution in [0.15, 0.2) is 46.8 Å². The Morgan fingerprint density at radius 1 is 1.21 bits per heavy atom. The topological polar surface area (TPSA) is 42.4 Å². The van der Waals surface area contributed by atoms with Crippen LogP contribution in [0, 0.1) is 11.6 Å². The minimum Gasteiger partial charge on any atom is -0.487 e. The number of halogens is 2. The first-order valence-corrected chi connectivity index (χ1v) is 10.8. The van der Waals surface area contributed by atoms with Crippen LogP contribution in [0.1, 0.15) is 12.8 Å². The first-order valence-electron chi connectivity index (χ1n) is 8.96. The van der Waals surface area contributed by atoms with E-state index < -0.39 is 11.6 Å². The minimum atomic E-state index is -0.703. The lowest BCUT2D eigenvalue weighted by atomic mass is 10.1. The van der Waals surface area contributed by atoms with Crippen molar-refractivity contribution < 1.29 is 18.3 Å². The summed E-state index contributed by atoms with van der Waals surface area (Å²) in [5, 5.41) is 0. The van der Waals surface area contributed by atoms with Gasteiger partial charge in [-0.15, -0.1) is 11.3 Å². The fourth-order valence-electron chi connectivity index (χ4n) is 3.10. The largest absolute Gasteiger partial charge is 0.487 e. The molecule has 4 rings (SSSR count).